The number of pyridine rings is 1. The lowest BCUT2D eigenvalue weighted by atomic mass is 10.2. The minimum absolute atomic E-state index is 0.0243. The van der Waals surface area contributed by atoms with Crippen LogP contribution >= 0.6 is 12.2 Å². The van der Waals surface area contributed by atoms with Crippen molar-refractivity contribution >= 4 is 24.1 Å². The van der Waals surface area contributed by atoms with Gasteiger partial charge in [0.25, 0.3) is 5.69 Å². The van der Waals surface area contributed by atoms with Gasteiger partial charge < -0.3 is 0 Å². The number of aromatic amines is 1. The lowest BCUT2D eigenvalue weighted by Gasteiger charge is -1.99. The number of aromatic nitrogens is 4. The molecular formula is C14H10N6O2S. The molecule has 0 saturated carbocycles. The summed E-state index contributed by atoms with van der Waals surface area (Å²) < 4.78 is 1.77. The first kappa shape index (κ1) is 14.7. The predicted octanol–water partition coefficient (Wildman–Crippen LogP) is 2.79. The molecule has 2 aromatic heterocycles. The van der Waals surface area contributed by atoms with Crippen molar-refractivity contribution in [2.24, 2.45) is 5.10 Å². The van der Waals surface area contributed by atoms with Gasteiger partial charge in [-0.05, 0) is 42.0 Å². The number of rotatable bonds is 4. The van der Waals surface area contributed by atoms with Crippen molar-refractivity contribution in [1.82, 2.24) is 19.9 Å². The molecule has 3 aromatic rings. The number of nitrogens with one attached hydrogen (secondary N) is 1. The van der Waals surface area contributed by atoms with E-state index in [1.807, 2.05) is 6.07 Å². The Morgan fingerprint density at radius 1 is 1.26 bits per heavy atom. The fourth-order valence-corrected chi connectivity index (χ4v) is 2.05. The smallest absolute Gasteiger partial charge is 0.258 e. The molecule has 0 amide bonds. The first-order valence-electron chi connectivity index (χ1n) is 6.53. The SMILES string of the molecule is O=[N+]([O-])c1ccc(C=Nn2c(-c3ccccn3)n[nH]c2=S)cc1. The summed E-state index contributed by atoms with van der Waals surface area (Å²) in [5, 5.41) is 21.7. The first-order valence-corrected chi connectivity index (χ1v) is 6.93. The summed E-state index contributed by atoms with van der Waals surface area (Å²) >= 11 is 5.16. The van der Waals surface area contributed by atoms with Crippen LogP contribution in [0.15, 0.2) is 53.8 Å². The van der Waals surface area contributed by atoms with Gasteiger partial charge in [-0.15, -0.1) is 0 Å². The number of hydrogen-bond donors (Lipinski definition) is 1. The minimum atomic E-state index is -0.452. The van der Waals surface area contributed by atoms with Crippen LogP contribution in [0.1, 0.15) is 5.56 Å². The van der Waals surface area contributed by atoms with Gasteiger partial charge in [-0.25, -0.2) is 5.10 Å². The van der Waals surface area contributed by atoms with Crippen molar-refractivity contribution < 1.29 is 4.92 Å². The maximum atomic E-state index is 10.6. The normalized spacial score (nSPS) is 11.0. The van der Waals surface area contributed by atoms with Gasteiger partial charge in [-0.2, -0.15) is 14.9 Å². The fourth-order valence-electron chi connectivity index (χ4n) is 1.87. The van der Waals surface area contributed by atoms with Gasteiger partial charge in [0.05, 0.1) is 11.1 Å². The third-order valence-electron chi connectivity index (χ3n) is 2.97. The van der Waals surface area contributed by atoms with Gasteiger partial charge in [0.1, 0.15) is 5.69 Å². The Balaban J connectivity index is 1.93. The topological polar surface area (TPSA) is 102 Å². The molecule has 3 rings (SSSR count). The molecule has 0 saturated heterocycles. The number of nitro benzene ring substituents is 1. The zero-order chi connectivity index (χ0) is 16.2. The Hall–Kier alpha value is -3.20. The Bertz CT molecular complexity index is 914. The zero-order valence-electron chi connectivity index (χ0n) is 11.7. The fraction of sp³-hybridized carbons (Fsp3) is 0. The number of nitro groups is 1. The lowest BCUT2D eigenvalue weighted by Crippen LogP contribution is -1.96. The van der Waals surface area contributed by atoms with Crippen LogP contribution < -0.4 is 0 Å². The van der Waals surface area contributed by atoms with Crippen LogP contribution in [0.25, 0.3) is 11.5 Å². The van der Waals surface area contributed by atoms with E-state index < -0.39 is 4.92 Å². The Kier molecular flexibility index (Phi) is 4.02. The molecule has 0 unspecified atom stereocenters. The molecule has 0 aliphatic carbocycles. The monoisotopic (exact) mass is 326 g/mol. The van der Waals surface area contributed by atoms with Crippen LogP contribution in [0.2, 0.25) is 0 Å². The predicted molar refractivity (Wildman–Crippen MR) is 86.7 cm³/mol. The average molecular weight is 326 g/mol. The maximum absolute atomic E-state index is 10.6. The summed E-state index contributed by atoms with van der Waals surface area (Å²) in [6.07, 6.45) is 3.19. The minimum Gasteiger partial charge on any atom is -0.258 e. The van der Waals surface area contributed by atoms with Crippen molar-refractivity contribution in [3.63, 3.8) is 0 Å². The second-order valence-corrected chi connectivity index (χ2v) is 4.86. The molecule has 0 aliphatic heterocycles. The van der Waals surface area contributed by atoms with E-state index in [1.165, 1.54) is 16.8 Å². The van der Waals surface area contributed by atoms with Crippen molar-refractivity contribution in [3.8, 4) is 11.5 Å². The molecule has 9 heteroatoms. The van der Waals surface area contributed by atoms with Gasteiger partial charge in [0, 0.05) is 18.3 Å². The largest absolute Gasteiger partial charge is 0.269 e. The van der Waals surface area contributed by atoms with E-state index in [0.717, 1.165) is 0 Å². The molecule has 1 N–H and O–H groups in total. The van der Waals surface area contributed by atoms with Crippen LogP contribution in [-0.4, -0.2) is 31.0 Å². The summed E-state index contributed by atoms with van der Waals surface area (Å²) in [5.74, 6) is 0.480. The van der Waals surface area contributed by atoms with E-state index in [9.17, 15) is 10.1 Å². The molecule has 0 fully saturated rings. The third kappa shape index (κ3) is 3.19. The maximum Gasteiger partial charge on any atom is 0.269 e. The number of hydrogen-bond acceptors (Lipinski definition) is 6. The quantitative estimate of drug-likeness (QED) is 0.344. The highest BCUT2D eigenvalue weighted by atomic mass is 32.1. The third-order valence-corrected chi connectivity index (χ3v) is 3.23. The number of non-ortho nitro benzene ring substituents is 1. The Morgan fingerprint density at radius 2 is 2.04 bits per heavy atom. The molecule has 0 radical (unpaired) electrons. The summed E-state index contributed by atoms with van der Waals surface area (Å²) in [7, 11) is 0. The molecule has 23 heavy (non-hydrogen) atoms. The summed E-state index contributed by atoms with van der Waals surface area (Å²) in [6.45, 7) is 0. The van der Waals surface area contributed by atoms with Gasteiger partial charge in [0.15, 0.2) is 0 Å². The van der Waals surface area contributed by atoms with E-state index in [1.54, 1.807) is 36.7 Å². The molecule has 114 valence electrons. The average Bonchev–Trinajstić information content (AvgIpc) is 2.95. The van der Waals surface area contributed by atoms with E-state index in [-0.39, 0.29) is 5.69 Å². The van der Waals surface area contributed by atoms with Crippen LogP contribution in [-0.2, 0) is 0 Å². The van der Waals surface area contributed by atoms with E-state index in [2.05, 4.69) is 20.3 Å². The van der Waals surface area contributed by atoms with E-state index >= 15 is 0 Å². The van der Waals surface area contributed by atoms with Crippen LogP contribution in [0.5, 0.6) is 0 Å². The molecule has 0 atom stereocenters. The highest BCUT2D eigenvalue weighted by Crippen LogP contribution is 2.14. The standard InChI is InChI=1S/C14H10N6O2S/c21-20(22)11-6-4-10(5-7-11)9-16-19-13(17-18-14(19)23)12-3-1-2-8-15-12/h1-9H,(H,18,23). The Labute approximate surface area is 135 Å². The van der Waals surface area contributed by atoms with Crippen molar-refractivity contribution in [3.05, 3.63) is 69.1 Å². The van der Waals surface area contributed by atoms with Crippen LogP contribution in [0.4, 0.5) is 5.69 Å². The Morgan fingerprint density at radius 3 is 2.70 bits per heavy atom. The number of benzene rings is 1. The molecular weight excluding hydrogens is 316 g/mol. The molecule has 8 nitrogen and oxygen atoms in total. The number of H-pyrrole nitrogens is 1. The molecule has 0 bridgehead atoms. The summed E-state index contributed by atoms with van der Waals surface area (Å²) in [6, 6.07) is 11.5. The molecule has 0 aliphatic rings. The van der Waals surface area contributed by atoms with E-state index in [4.69, 9.17) is 12.2 Å². The highest BCUT2D eigenvalue weighted by molar-refractivity contribution is 7.71. The molecule has 0 spiro atoms. The number of nitrogens with zero attached hydrogens (tertiary/aromatic N) is 5. The first-order chi connectivity index (χ1) is 11.1. The molecule has 2 heterocycles. The van der Waals surface area contributed by atoms with E-state index in [0.29, 0.717) is 21.9 Å². The van der Waals surface area contributed by atoms with Crippen LogP contribution in [0, 0.1) is 14.9 Å². The van der Waals surface area contributed by atoms with Gasteiger partial charge in [-0.3, -0.25) is 15.1 Å². The molecule has 1 aromatic carbocycles. The zero-order valence-corrected chi connectivity index (χ0v) is 12.5. The lowest BCUT2D eigenvalue weighted by molar-refractivity contribution is -0.384. The summed E-state index contributed by atoms with van der Waals surface area (Å²) in [5.41, 5.74) is 1.35. The van der Waals surface area contributed by atoms with Crippen molar-refractivity contribution in [1.29, 1.82) is 0 Å². The van der Waals surface area contributed by atoms with Crippen molar-refractivity contribution in [2.45, 2.75) is 0 Å². The van der Waals surface area contributed by atoms with Crippen molar-refractivity contribution in [2.75, 3.05) is 0 Å². The van der Waals surface area contributed by atoms with Gasteiger partial charge >= 0.3 is 0 Å². The van der Waals surface area contributed by atoms with Crippen LogP contribution in [0.3, 0.4) is 0 Å². The van der Waals surface area contributed by atoms with Gasteiger partial charge in [-0.1, -0.05) is 6.07 Å². The van der Waals surface area contributed by atoms with Gasteiger partial charge in [0.2, 0.25) is 10.6 Å². The summed E-state index contributed by atoms with van der Waals surface area (Å²) in [4.78, 5) is 14.4. The highest BCUT2D eigenvalue weighted by Gasteiger charge is 2.08. The second kappa shape index (κ2) is 6.28. The second-order valence-electron chi connectivity index (χ2n) is 4.47.